The molecule has 0 aliphatic carbocycles. The summed E-state index contributed by atoms with van der Waals surface area (Å²) in [5.41, 5.74) is 0.586. The first-order chi connectivity index (χ1) is 9.90. The van der Waals surface area contributed by atoms with E-state index in [0.29, 0.717) is 11.4 Å². The summed E-state index contributed by atoms with van der Waals surface area (Å²) in [7, 11) is -2.24. The highest BCUT2D eigenvalue weighted by Gasteiger charge is 2.20. The predicted octanol–water partition coefficient (Wildman–Crippen LogP) is 1.40. The van der Waals surface area contributed by atoms with E-state index in [9.17, 15) is 13.2 Å². The Morgan fingerprint density at radius 2 is 2.00 bits per heavy atom. The minimum absolute atomic E-state index is 0.0483. The van der Waals surface area contributed by atoms with Gasteiger partial charge in [-0.2, -0.15) is 0 Å². The molecular weight excluding hydrogens is 296 g/mol. The molecule has 2 aromatic rings. The average molecular weight is 310 g/mol. The van der Waals surface area contributed by atoms with Crippen LogP contribution in [0.3, 0.4) is 0 Å². The van der Waals surface area contributed by atoms with Crippen LogP contribution < -0.4 is 10.1 Å². The number of sulfone groups is 1. The van der Waals surface area contributed by atoms with E-state index in [1.165, 1.54) is 37.4 Å². The average Bonchev–Trinajstić information content (AvgIpc) is 2.83. The number of nitrogens with one attached hydrogen (secondary N) is 1. The standard InChI is InChI=1S/C13H14N2O5S/c1-9-7-13(20-15-9)14-12(16)8-21(17,18)11-5-3-10(19-2)4-6-11/h3-7H,8H2,1-2H3,(H,14,16). The monoisotopic (exact) mass is 310 g/mol. The molecule has 7 nitrogen and oxygen atoms in total. The topological polar surface area (TPSA) is 98.5 Å². The lowest BCUT2D eigenvalue weighted by Gasteiger charge is -2.05. The van der Waals surface area contributed by atoms with Crippen molar-refractivity contribution in [2.75, 3.05) is 18.2 Å². The lowest BCUT2D eigenvalue weighted by molar-refractivity contribution is -0.114. The van der Waals surface area contributed by atoms with Gasteiger partial charge in [0.15, 0.2) is 9.84 Å². The second-order valence-corrected chi connectivity index (χ2v) is 6.30. The Kier molecular flexibility index (Phi) is 4.27. The normalized spacial score (nSPS) is 11.1. The lowest BCUT2D eigenvalue weighted by Crippen LogP contribution is -2.22. The first kappa shape index (κ1) is 15.0. The van der Waals surface area contributed by atoms with Crippen molar-refractivity contribution >= 4 is 21.6 Å². The Bertz CT molecular complexity index is 734. The molecule has 1 N–H and O–H groups in total. The van der Waals surface area contributed by atoms with Gasteiger partial charge in [0.05, 0.1) is 17.7 Å². The first-order valence-electron chi connectivity index (χ1n) is 6.01. The third kappa shape index (κ3) is 3.82. The molecule has 21 heavy (non-hydrogen) atoms. The Labute approximate surface area is 121 Å². The number of hydrogen-bond acceptors (Lipinski definition) is 6. The smallest absolute Gasteiger partial charge is 0.242 e. The molecule has 0 radical (unpaired) electrons. The van der Waals surface area contributed by atoms with Crippen molar-refractivity contribution in [2.45, 2.75) is 11.8 Å². The molecule has 0 fully saturated rings. The molecule has 1 aromatic heterocycles. The molecule has 0 bridgehead atoms. The zero-order valence-corrected chi connectivity index (χ0v) is 12.3. The van der Waals surface area contributed by atoms with Crippen molar-refractivity contribution in [1.82, 2.24) is 5.16 Å². The quantitative estimate of drug-likeness (QED) is 0.896. The molecule has 112 valence electrons. The van der Waals surface area contributed by atoms with Gasteiger partial charge < -0.3 is 9.26 Å². The minimum Gasteiger partial charge on any atom is -0.497 e. The van der Waals surface area contributed by atoms with Crippen LogP contribution in [0.5, 0.6) is 5.75 Å². The Morgan fingerprint density at radius 1 is 1.33 bits per heavy atom. The van der Waals surface area contributed by atoms with Gasteiger partial charge in [0.25, 0.3) is 0 Å². The zero-order valence-electron chi connectivity index (χ0n) is 11.5. The summed E-state index contributed by atoms with van der Waals surface area (Å²) in [6.07, 6.45) is 0. The van der Waals surface area contributed by atoms with E-state index < -0.39 is 21.5 Å². The van der Waals surface area contributed by atoms with E-state index >= 15 is 0 Å². The molecule has 1 amide bonds. The lowest BCUT2D eigenvalue weighted by atomic mass is 10.3. The molecule has 2 rings (SSSR count). The summed E-state index contributed by atoms with van der Waals surface area (Å²) < 4.78 is 33.9. The van der Waals surface area contributed by atoms with Crippen molar-refractivity contribution in [2.24, 2.45) is 0 Å². The first-order valence-corrected chi connectivity index (χ1v) is 7.66. The van der Waals surface area contributed by atoms with Crippen molar-refractivity contribution in [3.63, 3.8) is 0 Å². The number of aromatic nitrogens is 1. The summed E-state index contributed by atoms with van der Waals surface area (Å²) in [6.45, 7) is 1.69. The number of carbonyl (C=O) groups is 1. The van der Waals surface area contributed by atoms with Gasteiger partial charge in [-0.15, -0.1) is 0 Å². The predicted molar refractivity (Wildman–Crippen MR) is 74.9 cm³/mol. The van der Waals surface area contributed by atoms with Crippen LogP contribution in [0, 0.1) is 6.92 Å². The van der Waals surface area contributed by atoms with Gasteiger partial charge in [0.2, 0.25) is 11.8 Å². The number of aryl methyl sites for hydroxylation is 1. The summed E-state index contributed by atoms with van der Waals surface area (Å²) in [6, 6.07) is 7.31. The van der Waals surface area contributed by atoms with Gasteiger partial charge in [-0.25, -0.2) is 8.42 Å². The molecule has 0 saturated heterocycles. The highest BCUT2D eigenvalue weighted by Crippen LogP contribution is 2.17. The fourth-order valence-corrected chi connectivity index (χ4v) is 2.77. The number of anilines is 1. The van der Waals surface area contributed by atoms with Crippen LogP contribution in [0.1, 0.15) is 5.69 Å². The SMILES string of the molecule is COc1ccc(S(=O)(=O)CC(=O)Nc2cc(C)no2)cc1. The van der Waals surface area contributed by atoms with Gasteiger partial charge in [0, 0.05) is 6.07 Å². The van der Waals surface area contributed by atoms with Gasteiger partial charge in [-0.1, -0.05) is 5.16 Å². The molecule has 0 unspecified atom stereocenters. The number of rotatable bonds is 5. The summed E-state index contributed by atoms with van der Waals surface area (Å²) in [5, 5.41) is 5.93. The van der Waals surface area contributed by atoms with Crippen molar-refractivity contribution < 1.29 is 22.5 Å². The third-order valence-electron chi connectivity index (χ3n) is 2.63. The Morgan fingerprint density at radius 3 is 2.52 bits per heavy atom. The fraction of sp³-hybridized carbons (Fsp3) is 0.231. The number of benzene rings is 1. The van der Waals surface area contributed by atoms with E-state index in [-0.39, 0.29) is 10.8 Å². The molecular formula is C13H14N2O5S. The molecule has 0 saturated carbocycles. The second-order valence-electron chi connectivity index (χ2n) is 4.32. The van der Waals surface area contributed by atoms with Crippen LogP contribution in [-0.2, 0) is 14.6 Å². The van der Waals surface area contributed by atoms with Crippen molar-refractivity contribution in [3.8, 4) is 5.75 Å². The van der Waals surface area contributed by atoms with Crippen molar-refractivity contribution in [1.29, 1.82) is 0 Å². The fourth-order valence-electron chi connectivity index (χ4n) is 1.63. The number of ether oxygens (including phenoxy) is 1. The van der Waals surface area contributed by atoms with E-state index in [2.05, 4.69) is 10.5 Å². The second kappa shape index (κ2) is 5.96. The Hall–Kier alpha value is -2.35. The third-order valence-corrected chi connectivity index (χ3v) is 4.26. The molecule has 0 aliphatic rings. The van der Waals surface area contributed by atoms with Crippen LogP contribution in [0.15, 0.2) is 39.8 Å². The number of carbonyl (C=O) groups excluding carboxylic acids is 1. The van der Waals surface area contributed by atoms with Crippen LogP contribution in [0.2, 0.25) is 0 Å². The molecule has 1 aromatic carbocycles. The van der Waals surface area contributed by atoms with Crippen LogP contribution in [-0.4, -0.2) is 32.3 Å². The summed E-state index contributed by atoms with van der Waals surface area (Å²) in [4.78, 5) is 11.8. The summed E-state index contributed by atoms with van der Waals surface area (Å²) >= 11 is 0. The number of amides is 1. The highest BCUT2D eigenvalue weighted by molar-refractivity contribution is 7.92. The maximum atomic E-state index is 12.1. The molecule has 0 spiro atoms. The van der Waals surface area contributed by atoms with Gasteiger partial charge in [0.1, 0.15) is 11.5 Å². The number of nitrogens with zero attached hydrogens (tertiary/aromatic N) is 1. The van der Waals surface area contributed by atoms with E-state index in [1.54, 1.807) is 6.92 Å². The highest BCUT2D eigenvalue weighted by atomic mass is 32.2. The van der Waals surface area contributed by atoms with E-state index in [0.717, 1.165) is 0 Å². The molecule has 8 heteroatoms. The molecule has 0 atom stereocenters. The van der Waals surface area contributed by atoms with Gasteiger partial charge >= 0.3 is 0 Å². The number of hydrogen-bond donors (Lipinski definition) is 1. The van der Waals surface area contributed by atoms with Gasteiger partial charge in [-0.3, -0.25) is 10.1 Å². The largest absolute Gasteiger partial charge is 0.497 e. The number of methoxy groups -OCH3 is 1. The van der Waals surface area contributed by atoms with Crippen LogP contribution in [0.25, 0.3) is 0 Å². The molecule has 1 heterocycles. The van der Waals surface area contributed by atoms with Gasteiger partial charge in [-0.05, 0) is 31.2 Å². The zero-order chi connectivity index (χ0) is 15.5. The summed E-state index contributed by atoms with van der Waals surface area (Å²) in [5.74, 6) is -0.723. The maximum absolute atomic E-state index is 12.1. The van der Waals surface area contributed by atoms with E-state index in [1.807, 2.05) is 0 Å². The maximum Gasteiger partial charge on any atom is 0.242 e. The van der Waals surface area contributed by atoms with Crippen LogP contribution in [0.4, 0.5) is 5.88 Å². The van der Waals surface area contributed by atoms with Crippen molar-refractivity contribution in [3.05, 3.63) is 36.0 Å². The van der Waals surface area contributed by atoms with Crippen LogP contribution >= 0.6 is 0 Å². The van der Waals surface area contributed by atoms with E-state index in [4.69, 9.17) is 9.26 Å². The minimum atomic E-state index is -3.73. The Balaban J connectivity index is 2.07. The molecule has 0 aliphatic heterocycles.